The van der Waals surface area contributed by atoms with Gasteiger partial charge in [-0.15, -0.1) is 0 Å². The number of fused-ring (bicyclic) bond motifs is 1. The SMILES string of the molecule is COc1cc2c(cc1CNC(=O)Cc1ccccc1C(=O)O)OC(C)C2. The molecule has 6 heteroatoms. The fourth-order valence-electron chi connectivity index (χ4n) is 3.12. The number of rotatable bonds is 6. The van der Waals surface area contributed by atoms with E-state index in [1.807, 2.05) is 19.1 Å². The molecular formula is C20H21NO5. The fraction of sp³-hybridized carbons (Fsp3) is 0.300. The Morgan fingerprint density at radius 2 is 2.04 bits per heavy atom. The number of nitrogens with one attached hydrogen (secondary N) is 1. The molecule has 1 aliphatic heterocycles. The number of amides is 1. The van der Waals surface area contributed by atoms with Gasteiger partial charge in [-0.3, -0.25) is 4.79 Å². The monoisotopic (exact) mass is 355 g/mol. The highest BCUT2D eigenvalue weighted by Gasteiger charge is 2.22. The van der Waals surface area contributed by atoms with Gasteiger partial charge in [0.05, 0.1) is 19.1 Å². The molecule has 0 aromatic heterocycles. The largest absolute Gasteiger partial charge is 0.496 e. The summed E-state index contributed by atoms with van der Waals surface area (Å²) in [7, 11) is 1.59. The van der Waals surface area contributed by atoms with Gasteiger partial charge in [-0.1, -0.05) is 18.2 Å². The molecule has 0 radical (unpaired) electrons. The number of carboxylic acids is 1. The maximum Gasteiger partial charge on any atom is 0.335 e. The van der Waals surface area contributed by atoms with Gasteiger partial charge in [-0.25, -0.2) is 4.79 Å². The highest BCUT2D eigenvalue weighted by atomic mass is 16.5. The standard InChI is InChI=1S/C20H21NO5/c1-12-7-14-8-17(25-2)15(9-18(14)26-12)11-21-19(22)10-13-5-3-4-6-16(13)20(23)24/h3-6,8-9,12H,7,10-11H2,1-2H3,(H,21,22)(H,23,24). The molecule has 0 spiro atoms. The number of methoxy groups -OCH3 is 1. The van der Waals surface area contributed by atoms with E-state index in [4.69, 9.17) is 9.47 Å². The van der Waals surface area contributed by atoms with Crippen LogP contribution >= 0.6 is 0 Å². The molecular weight excluding hydrogens is 334 g/mol. The van der Waals surface area contributed by atoms with Gasteiger partial charge in [0, 0.05) is 24.1 Å². The number of hydrogen-bond acceptors (Lipinski definition) is 4. The number of benzene rings is 2. The molecule has 1 heterocycles. The van der Waals surface area contributed by atoms with E-state index in [1.54, 1.807) is 25.3 Å². The van der Waals surface area contributed by atoms with Gasteiger partial charge >= 0.3 is 5.97 Å². The van der Waals surface area contributed by atoms with Crippen LogP contribution < -0.4 is 14.8 Å². The lowest BCUT2D eigenvalue weighted by Crippen LogP contribution is -2.25. The Labute approximate surface area is 151 Å². The summed E-state index contributed by atoms with van der Waals surface area (Å²) < 4.78 is 11.2. The molecule has 136 valence electrons. The molecule has 2 aromatic rings. The lowest BCUT2D eigenvalue weighted by atomic mass is 10.0. The second-order valence-corrected chi connectivity index (χ2v) is 6.32. The molecule has 0 aliphatic carbocycles. The Hall–Kier alpha value is -3.02. The maximum absolute atomic E-state index is 12.3. The first-order chi connectivity index (χ1) is 12.5. The van der Waals surface area contributed by atoms with Crippen molar-refractivity contribution in [3.05, 3.63) is 58.7 Å². The van der Waals surface area contributed by atoms with Crippen LogP contribution in [0, 0.1) is 0 Å². The van der Waals surface area contributed by atoms with Gasteiger partial charge in [-0.2, -0.15) is 0 Å². The van der Waals surface area contributed by atoms with Crippen molar-refractivity contribution in [2.75, 3.05) is 7.11 Å². The summed E-state index contributed by atoms with van der Waals surface area (Å²) in [6.07, 6.45) is 0.972. The third kappa shape index (κ3) is 3.79. The molecule has 0 saturated carbocycles. The van der Waals surface area contributed by atoms with Crippen molar-refractivity contribution in [1.82, 2.24) is 5.32 Å². The molecule has 1 aliphatic rings. The smallest absolute Gasteiger partial charge is 0.335 e. The van der Waals surface area contributed by atoms with Gasteiger partial charge in [-0.05, 0) is 30.7 Å². The topological polar surface area (TPSA) is 84.9 Å². The Kier molecular flexibility index (Phi) is 5.11. The summed E-state index contributed by atoms with van der Waals surface area (Å²) in [6, 6.07) is 10.3. The van der Waals surface area contributed by atoms with Crippen LogP contribution in [0.15, 0.2) is 36.4 Å². The van der Waals surface area contributed by atoms with Crippen LogP contribution in [-0.2, 0) is 24.2 Å². The van der Waals surface area contributed by atoms with Crippen LogP contribution in [0.2, 0.25) is 0 Å². The quantitative estimate of drug-likeness (QED) is 0.832. The van der Waals surface area contributed by atoms with Crippen LogP contribution in [0.3, 0.4) is 0 Å². The van der Waals surface area contributed by atoms with E-state index >= 15 is 0 Å². The average Bonchev–Trinajstić information content (AvgIpc) is 2.98. The molecule has 3 rings (SSSR count). The second-order valence-electron chi connectivity index (χ2n) is 6.32. The first-order valence-electron chi connectivity index (χ1n) is 8.42. The molecule has 26 heavy (non-hydrogen) atoms. The Morgan fingerprint density at radius 3 is 2.77 bits per heavy atom. The average molecular weight is 355 g/mol. The Morgan fingerprint density at radius 1 is 1.27 bits per heavy atom. The Bertz CT molecular complexity index is 846. The molecule has 1 atom stereocenters. The number of carbonyl (C=O) groups is 2. The summed E-state index contributed by atoms with van der Waals surface area (Å²) in [5.41, 5.74) is 2.54. The normalized spacial score (nSPS) is 15.1. The molecule has 2 N–H and O–H groups in total. The van der Waals surface area contributed by atoms with Gasteiger partial charge < -0.3 is 19.9 Å². The number of hydrogen-bond donors (Lipinski definition) is 2. The van der Waals surface area contributed by atoms with E-state index in [1.165, 1.54) is 6.07 Å². The summed E-state index contributed by atoms with van der Waals surface area (Å²) in [5, 5.41) is 12.0. The van der Waals surface area contributed by atoms with E-state index in [9.17, 15) is 14.7 Å². The van der Waals surface area contributed by atoms with Crippen LogP contribution in [0.25, 0.3) is 0 Å². The molecule has 0 bridgehead atoms. The number of ether oxygens (including phenoxy) is 2. The summed E-state index contributed by atoms with van der Waals surface area (Å²) in [4.78, 5) is 23.5. The van der Waals surface area contributed by atoms with Gasteiger partial charge in [0.2, 0.25) is 5.91 Å². The number of aromatic carboxylic acids is 1. The van der Waals surface area contributed by atoms with E-state index in [0.717, 1.165) is 23.3 Å². The van der Waals surface area contributed by atoms with Crippen molar-refractivity contribution in [1.29, 1.82) is 0 Å². The maximum atomic E-state index is 12.3. The number of carboxylic acid groups (broad SMARTS) is 1. The molecule has 1 unspecified atom stereocenters. The first kappa shape index (κ1) is 17.8. The third-order valence-electron chi connectivity index (χ3n) is 4.37. The van der Waals surface area contributed by atoms with E-state index in [-0.39, 0.29) is 30.5 Å². The van der Waals surface area contributed by atoms with E-state index < -0.39 is 5.97 Å². The van der Waals surface area contributed by atoms with Crippen molar-refractivity contribution >= 4 is 11.9 Å². The predicted molar refractivity (Wildman–Crippen MR) is 95.7 cm³/mol. The van der Waals surface area contributed by atoms with E-state index in [2.05, 4.69) is 5.32 Å². The van der Waals surface area contributed by atoms with Crippen LogP contribution in [0.5, 0.6) is 11.5 Å². The summed E-state index contributed by atoms with van der Waals surface area (Å²) in [6.45, 7) is 2.29. The number of carbonyl (C=O) groups excluding carboxylic acids is 1. The lowest BCUT2D eigenvalue weighted by Gasteiger charge is -2.12. The van der Waals surface area contributed by atoms with E-state index in [0.29, 0.717) is 11.3 Å². The molecule has 0 fully saturated rings. The zero-order chi connectivity index (χ0) is 18.7. The summed E-state index contributed by atoms with van der Waals surface area (Å²) >= 11 is 0. The van der Waals surface area contributed by atoms with Crippen LogP contribution in [0.4, 0.5) is 0 Å². The van der Waals surface area contributed by atoms with Crippen molar-refractivity contribution in [2.45, 2.75) is 32.4 Å². The van der Waals surface area contributed by atoms with Crippen LogP contribution in [-0.4, -0.2) is 30.2 Å². The predicted octanol–water partition coefficient (Wildman–Crippen LogP) is 2.58. The minimum absolute atomic E-state index is 0.00324. The zero-order valence-electron chi connectivity index (χ0n) is 14.7. The molecule has 0 saturated heterocycles. The molecule has 1 amide bonds. The van der Waals surface area contributed by atoms with Gasteiger partial charge in [0.1, 0.15) is 17.6 Å². The van der Waals surface area contributed by atoms with Crippen molar-refractivity contribution in [3.8, 4) is 11.5 Å². The van der Waals surface area contributed by atoms with Crippen molar-refractivity contribution in [2.24, 2.45) is 0 Å². The molecule has 6 nitrogen and oxygen atoms in total. The van der Waals surface area contributed by atoms with Crippen molar-refractivity contribution in [3.63, 3.8) is 0 Å². The van der Waals surface area contributed by atoms with Gasteiger partial charge in [0.25, 0.3) is 0 Å². The third-order valence-corrected chi connectivity index (χ3v) is 4.37. The fourth-order valence-corrected chi connectivity index (χ4v) is 3.12. The summed E-state index contributed by atoms with van der Waals surface area (Å²) in [5.74, 6) is 0.224. The molecule has 2 aromatic carbocycles. The second kappa shape index (κ2) is 7.47. The lowest BCUT2D eigenvalue weighted by molar-refractivity contribution is -0.120. The Balaban J connectivity index is 1.69. The van der Waals surface area contributed by atoms with Crippen molar-refractivity contribution < 1.29 is 24.2 Å². The van der Waals surface area contributed by atoms with Crippen LogP contribution in [0.1, 0.15) is 34.0 Å². The highest BCUT2D eigenvalue weighted by Crippen LogP contribution is 2.34. The first-order valence-corrected chi connectivity index (χ1v) is 8.42. The minimum Gasteiger partial charge on any atom is -0.496 e. The minimum atomic E-state index is -1.04. The highest BCUT2D eigenvalue weighted by molar-refractivity contribution is 5.91. The zero-order valence-corrected chi connectivity index (χ0v) is 14.7. The van der Waals surface area contributed by atoms with Gasteiger partial charge in [0.15, 0.2) is 0 Å².